The van der Waals surface area contributed by atoms with Crippen LogP contribution in [0.4, 0.5) is 0 Å². The van der Waals surface area contributed by atoms with E-state index in [0.717, 1.165) is 11.5 Å². The van der Waals surface area contributed by atoms with Crippen LogP contribution in [0.15, 0.2) is 16.5 Å². The van der Waals surface area contributed by atoms with Crippen LogP contribution in [0.2, 0.25) is 0 Å². The van der Waals surface area contributed by atoms with Crippen molar-refractivity contribution in [2.24, 2.45) is 0 Å². The summed E-state index contributed by atoms with van der Waals surface area (Å²) < 4.78 is 10.9. The van der Waals surface area contributed by atoms with Crippen molar-refractivity contribution in [1.82, 2.24) is 15.1 Å². The SMILES string of the molecule is Cc1ccc(CN2CCNC(=O)[C@H]2CC(=O)N2CCOCC2)o1. The van der Waals surface area contributed by atoms with Crippen molar-refractivity contribution in [2.75, 3.05) is 39.4 Å². The van der Waals surface area contributed by atoms with Crippen LogP contribution < -0.4 is 5.32 Å². The lowest BCUT2D eigenvalue weighted by Crippen LogP contribution is -2.56. The van der Waals surface area contributed by atoms with Crippen molar-refractivity contribution < 1.29 is 18.7 Å². The molecule has 1 N–H and O–H groups in total. The number of hydrogen-bond donors (Lipinski definition) is 1. The molecule has 0 aliphatic carbocycles. The molecule has 3 heterocycles. The molecule has 2 amide bonds. The Labute approximate surface area is 135 Å². The molecule has 7 nitrogen and oxygen atoms in total. The second-order valence-electron chi connectivity index (χ2n) is 5.99. The molecule has 0 bridgehead atoms. The van der Waals surface area contributed by atoms with E-state index in [1.807, 2.05) is 24.0 Å². The Morgan fingerprint density at radius 3 is 2.78 bits per heavy atom. The number of carbonyl (C=O) groups is 2. The molecule has 2 aliphatic heterocycles. The summed E-state index contributed by atoms with van der Waals surface area (Å²) in [6.45, 7) is 6.09. The predicted octanol–water partition coefficient (Wildman–Crippen LogP) is 0.137. The minimum absolute atomic E-state index is 0.0102. The zero-order valence-corrected chi connectivity index (χ0v) is 13.4. The van der Waals surface area contributed by atoms with Crippen molar-refractivity contribution in [1.29, 1.82) is 0 Å². The third-order valence-electron chi connectivity index (χ3n) is 4.33. The standard InChI is InChI=1S/C16H23N3O4/c1-12-2-3-13(23-12)11-19-5-4-17-16(21)14(19)10-15(20)18-6-8-22-9-7-18/h2-3,14H,4-11H2,1H3,(H,17,21)/t14-/m1/s1. The molecule has 0 aromatic carbocycles. The average molecular weight is 321 g/mol. The first-order valence-corrected chi connectivity index (χ1v) is 8.06. The monoisotopic (exact) mass is 321 g/mol. The van der Waals surface area contributed by atoms with Gasteiger partial charge in [-0.1, -0.05) is 0 Å². The minimum atomic E-state index is -0.440. The van der Waals surface area contributed by atoms with E-state index in [2.05, 4.69) is 5.32 Å². The topological polar surface area (TPSA) is 75.0 Å². The second kappa shape index (κ2) is 7.14. The molecule has 1 atom stereocenters. The molecule has 126 valence electrons. The quantitative estimate of drug-likeness (QED) is 0.854. The van der Waals surface area contributed by atoms with Crippen LogP contribution in [0.5, 0.6) is 0 Å². The number of rotatable bonds is 4. The van der Waals surface area contributed by atoms with E-state index in [1.165, 1.54) is 0 Å². The minimum Gasteiger partial charge on any atom is -0.465 e. The third-order valence-corrected chi connectivity index (χ3v) is 4.33. The number of aryl methyl sites for hydroxylation is 1. The van der Waals surface area contributed by atoms with Crippen molar-refractivity contribution >= 4 is 11.8 Å². The molecule has 0 spiro atoms. The normalized spacial score (nSPS) is 22.9. The first-order valence-electron chi connectivity index (χ1n) is 8.06. The smallest absolute Gasteiger partial charge is 0.237 e. The number of carbonyl (C=O) groups excluding carboxylic acids is 2. The lowest BCUT2D eigenvalue weighted by molar-refractivity contribution is -0.141. The summed E-state index contributed by atoms with van der Waals surface area (Å²) in [5.41, 5.74) is 0. The van der Waals surface area contributed by atoms with Crippen LogP contribution in [0, 0.1) is 6.92 Å². The largest absolute Gasteiger partial charge is 0.465 e. The molecule has 2 saturated heterocycles. The van der Waals surface area contributed by atoms with Gasteiger partial charge in [0.2, 0.25) is 11.8 Å². The first-order chi connectivity index (χ1) is 11.1. The maximum atomic E-state index is 12.5. The van der Waals surface area contributed by atoms with Gasteiger partial charge >= 0.3 is 0 Å². The molecule has 0 saturated carbocycles. The maximum absolute atomic E-state index is 12.5. The molecule has 2 fully saturated rings. The Morgan fingerprint density at radius 2 is 2.09 bits per heavy atom. The van der Waals surface area contributed by atoms with Gasteiger partial charge in [0, 0.05) is 26.2 Å². The number of nitrogens with zero attached hydrogens (tertiary/aromatic N) is 2. The molecule has 1 aromatic rings. The summed E-state index contributed by atoms with van der Waals surface area (Å²) in [6, 6.07) is 3.39. The van der Waals surface area contributed by atoms with Crippen LogP contribution in [-0.4, -0.2) is 67.0 Å². The number of amides is 2. The van der Waals surface area contributed by atoms with Gasteiger partial charge in [0.25, 0.3) is 0 Å². The summed E-state index contributed by atoms with van der Waals surface area (Å²) in [6.07, 6.45) is 0.200. The van der Waals surface area contributed by atoms with Gasteiger partial charge in [-0.2, -0.15) is 0 Å². The summed E-state index contributed by atoms with van der Waals surface area (Å²) >= 11 is 0. The number of nitrogens with one attached hydrogen (secondary N) is 1. The van der Waals surface area contributed by atoms with Crippen LogP contribution in [0.3, 0.4) is 0 Å². The van der Waals surface area contributed by atoms with E-state index >= 15 is 0 Å². The molecule has 7 heteroatoms. The van der Waals surface area contributed by atoms with Gasteiger partial charge in [0.05, 0.1) is 32.2 Å². The number of ether oxygens (including phenoxy) is 1. The molecule has 3 rings (SSSR count). The molecular formula is C16H23N3O4. The predicted molar refractivity (Wildman–Crippen MR) is 82.7 cm³/mol. The Morgan fingerprint density at radius 1 is 1.30 bits per heavy atom. The second-order valence-corrected chi connectivity index (χ2v) is 5.99. The molecule has 23 heavy (non-hydrogen) atoms. The fourth-order valence-corrected chi connectivity index (χ4v) is 3.05. The third kappa shape index (κ3) is 3.92. The van der Waals surface area contributed by atoms with Gasteiger partial charge in [-0.25, -0.2) is 0 Å². The van der Waals surface area contributed by atoms with Crippen molar-refractivity contribution in [3.8, 4) is 0 Å². The molecular weight excluding hydrogens is 298 g/mol. The van der Waals surface area contributed by atoms with Gasteiger partial charge in [-0.3, -0.25) is 14.5 Å². The van der Waals surface area contributed by atoms with E-state index < -0.39 is 6.04 Å². The fourth-order valence-electron chi connectivity index (χ4n) is 3.05. The zero-order valence-electron chi connectivity index (χ0n) is 13.4. The highest BCUT2D eigenvalue weighted by molar-refractivity contribution is 5.88. The molecule has 1 aromatic heterocycles. The fraction of sp³-hybridized carbons (Fsp3) is 0.625. The van der Waals surface area contributed by atoms with Gasteiger partial charge < -0.3 is 19.4 Å². The summed E-state index contributed by atoms with van der Waals surface area (Å²) in [5, 5.41) is 2.85. The van der Waals surface area contributed by atoms with E-state index in [0.29, 0.717) is 45.9 Å². The first kappa shape index (κ1) is 16.0. The van der Waals surface area contributed by atoms with E-state index in [4.69, 9.17) is 9.15 Å². The Hall–Kier alpha value is -1.86. The van der Waals surface area contributed by atoms with Crippen LogP contribution >= 0.6 is 0 Å². The Bertz CT molecular complexity index is 565. The maximum Gasteiger partial charge on any atom is 0.237 e. The van der Waals surface area contributed by atoms with Gasteiger partial charge in [-0.05, 0) is 19.1 Å². The zero-order chi connectivity index (χ0) is 16.2. The summed E-state index contributed by atoms with van der Waals surface area (Å²) in [5.74, 6) is 1.60. The van der Waals surface area contributed by atoms with Gasteiger partial charge in [0.1, 0.15) is 11.5 Å². The van der Waals surface area contributed by atoms with Crippen LogP contribution in [0.1, 0.15) is 17.9 Å². The highest BCUT2D eigenvalue weighted by atomic mass is 16.5. The van der Waals surface area contributed by atoms with Crippen molar-refractivity contribution in [3.63, 3.8) is 0 Å². The number of piperazine rings is 1. The van der Waals surface area contributed by atoms with Crippen molar-refractivity contribution in [2.45, 2.75) is 25.9 Å². The lowest BCUT2D eigenvalue weighted by Gasteiger charge is -2.35. The average Bonchev–Trinajstić information content (AvgIpc) is 2.96. The Balaban J connectivity index is 1.65. The van der Waals surface area contributed by atoms with E-state index in [1.54, 1.807) is 4.90 Å². The van der Waals surface area contributed by atoms with E-state index in [-0.39, 0.29) is 18.2 Å². The highest BCUT2D eigenvalue weighted by Crippen LogP contribution is 2.17. The highest BCUT2D eigenvalue weighted by Gasteiger charge is 2.33. The van der Waals surface area contributed by atoms with Gasteiger partial charge in [0.15, 0.2) is 0 Å². The van der Waals surface area contributed by atoms with E-state index in [9.17, 15) is 9.59 Å². The lowest BCUT2D eigenvalue weighted by atomic mass is 10.1. The van der Waals surface area contributed by atoms with Crippen LogP contribution in [-0.2, 0) is 20.9 Å². The van der Waals surface area contributed by atoms with Crippen molar-refractivity contribution in [3.05, 3.63) is 23.7 Å². The van der Waals surface area contributed by atoms with Gasteiger partial charge in [-0.15, -0.1) is 0 Å². The summed E-state index contributed by atoms with van der Waals surface area (Å²) in [4.78, 5) is 28.5. The van der Waals surface area contributed by atoms with Crippen LogP contribution in [0.25, 0.3) is 0 Å². The number of hydrogen-bond acceptors (Lipinski definition) is 5. The Kier molecular flexibility index (Phi) is 4.97. The summed E-state index contributed by atoms with van der Waals surface area (Å²) in [7, 11) is 0. The molecule has 0 unspecified atom stereocenters. The number of morpholine rings is 1. The molecule has 2 aliphatic rings. The number of furan rings is 1. The molecule has 0 radical (unpaired) electrons.